The van der Waals surface area contributed by atoms with Gasteiger partial charge in [-0.15, -0.1) is 0 Å². The van der Waals surface area contributed by atoms with Crippen molar-refractivity contribution in [3.63, 3.8) is 0 Å². The van der Waals surface area contributed by atoms with Gasteiger partial charge >= 0.3 is 0 Å². The summed E-state index contributed by atoms with van der Waals surface area (Å²) in [5.74, 6) is 0.748. The maximum atomic E-state index is 11.8. The maximum Gasteiger partial charge on any atom is 0.238 e. The monoisotopic (exact) mass is 293 g/mol. The van der Waals surface area contributed by atoms with E-state index in [1.807, 2.05) is 24.3 Å². The Kier molecular flexibility index (Phi) is 7.79. The second-order valence-electron chi connectivity index (χ2n) is 5.38. The van der Waals surface area contributed by atoms with Crippen molar-refractivity contribution in [2.45, 2.75) is 26.3 Å². The topological polar surface area (TPSA) is 53.6 Å². The van der Waals surface area contributed by atoms with Crippen molar-refractivity contribution >= 4 is 11.6 Å². The summed E-state index contributed by atoms with van der Waals surface area (Å²) in [6, 6.07) is 7.86. The van der Waals surface area contributed by atoms with E-state index in [0.717, 1.165) is 30.9 Å². The lowest BCUT2D eigenvalue weighted by Crippen LogP contribution is -2.32. The zero-order chi connectivity index (χ0) is 15.7. The molecule has 118 valence electrons. The van der Waals surface area contributed by atoms with E-state index in [1.165, 1.54) is 0 Å². The summed E-state index contributed by atoms with van der Waals surface area (Å²) in [7, 11) is 3.73. The third kappa shape index (κ3) is 7.11. The zero-order valence-electron chi connectivity index (χ0n) is 13.5. The smallest absolute Gasteiger partial charge is 0.238 e. The summed E-state index contributed by atoms with van der Waals surface area (Å²) in [6.45, 7) is 6.56. The summed E-state index contributed by atoms with van der Waals surface area (Å²) in [6.07, 6.45) is 1.03. The normalized spacial score (nSPS) is 11.0. The van der Waals surface area contributed by atoms with Crippen LogP contribution in [0.25, 0.3) is 0 Å². The molecule has 5 heteroatoms. The largest absolute Gasteiger partial charge is 0.497 e. The second-order valence-corrected chi connectivity index (χ2v) is 5.38. The summed E-state index contributed by atoms with van der Waals surface area (Å²) in [5.41, 5.74) is 0.780. The molecule has 1 amide bonds. The maximum absolute atomic E-state index is 11.8. The molecular formula is C16H27N3O2. The molecule has 0 aliphatic rings. The fourth-order valence-corrected chi connectivity index (χ4v) is 1.79. The van der Waals surface area contributed by atoms with Crippen LogP contribution in [0.4, 0.5) is 5.69 Å². The minimum Gasteiger partial charge on any atom is -0.497 e. The van der Waals surface area contributed by atoms with Crippen molar-refractivity contribution < 1.29 is 9.53 Å². The number of nitrogens with one attached hydrogen (secondary N) is 2. The van der Waals surface area contributed by atoms with Crippen molar-refractivity contribution in [2.75, 3.05) is 39.1 Å². The van der Waals surface area contributed by atoms with E-state index in [9.17, 15) is 4.79 Å². The number of carbonyl (C=O) groups is 1. The number of nitrogens with zero attached hydrogens (tertiary/aromatic N) is 1. The van der Waals surface area contributed by atoms with Crippen molar-refractivity contribution in [3.05, 3.63) is 24.3 Å². The molecule has 0 unspecified atom stereocenters. The van der Waals surface area contributed by atoms with Gasteiger partial charge in [0.05, 0.1) is 13.7 Å². The first-order chi connectivity index (χ1) is 10.0. The molecule has 0 saturated carbocycles. The fourth-order valence-electron chi connectivity index (χ4n) is 1.79. The standard InChI is InChI=1S/C16H27N3O2/c1-13(2)19(3)11-5-10-17-12-16(20)18-14-6-8-15(21-4)9-7-14/h6-9,13,17H,5,10-12H2,1-4H3,(H,18,20). The summed E-state index contributed by atoms with van der Waals surface area (Å²) >= 11 is 0. The molecule has 0 fully saturated rings. The van der Waals surface area contributed by atoms with Crippen LogP contribution in [0.2, 0.25) is 0 Å². The van der Waals surface area contributed by atoms with Crippen molar-refractivity contribution in [1.82, 2.24) is 10.2 Å². The number of hydrogen-bond donors (Lipinski definition) is 2. The molecule has 1 aromatic rings. The molecule has 0 spiro atoms. The molecule has 0 aliphatic carbocycles. The van der Waals surface area contributed by atoms with Gasteiger partial charge in [0.1, 0.15) is 5.75 Å². The average molecular weight is 293 g/mol. The van der Waals surface area contributed by atoms with Crippen LogP contribution in [-0.2, 0) is 4.79 Å². The fraction of sp³-hybridized carbons (Fsp3) is 0.562. The van der Waals surface area contributed by atoms with Gasteiger partial charge in [0.15, 0.2) is 0 Å². The first kappa shape index (κ1) is 17.5. The summed E-state index contributed by atoms with van der Waals surface area (Å²) in [4.78, 5) is 14.0. The number of hydrogen-bond acceptors (Lipinski definition) is 4. The lowest BCUT2D eigenvalue weighted by atomic mass is 10.3. The predicted octanol–water partition coefficient (Wildman–Crippen LogP) is 1.95. The molecular weight excluding hydrogens is 266 g/mol. The predicted molar refractivity (Wildman–Crippen MR) is 86.9 cm³/mol. The number of rotatable bonds is 9. The summed E-state index contributed by atoms with van der Waals surface area (Å²) in [5, 5.41) is 6.00. The van der Waals surface area contributed by atoms with Gasteiger partial charge in [-0.2, -0.15) is 0 Å². The molecule has 0 heterocycles. The second kappa shape index (κ2) is 9.37. The number of carbonyl (C=O) groups excluding carboxylic acids is 1. The zero-order valence-corrected chi connectivity index (χ0v) is 13.5. The molecule has 2 N–H and O–H groups in total. The Labute approximate surface area is 127 Å². The van der Waals surface area contributed by atoms with Gasteiger partial charge in [0.25, 0.3) is 0 Å². The number of ether oxygens (including phenoxy) is 1. The highest BCUT2D eigenvalue weighted by Crippen LogP contribution is 2.14. The Morgan fingerprint density at radius 1 is 1.29 bits per heavy atom. The van der Waals surface area contributed by atoms with Crippen LogP contribution >= 0.6 is 0 Å². The van der Waals surface area contributed by atoms with E-state index in [0.29, 0.717) is 12.6 Å². The lowest BCUT2D eigenvalue weighted by Gasteiger charge is -2.20. The average Bonchev–Trinajstić information content (AvgIpc) is 2.47. The molecule has 0 bridgehead atoms. The number of anilines is 1. The lowest BCUT2D eigenvalue weighted by molar-refractivity contribution is -0.115. The van der Waals surface area contributed by atoms with Gasteiger partial charge in [-0.05, 0) is 64.7 Å². The first-order valence-electron chi connectivity index (χ1n) is 7.37. The molecule has 0 atom stereocenters. The van der Waals surface area contributed by atoms with Gasteiger partial charge in [-0.1, -0.05) is 0 Å². The molecule has 1 aromatic carbocycles. The van der Waals surface area contributed by atoms with E-state index < -0.39 is 0 Å². The summed E-state index contributed by atoms with van der Waals surface area (Å²) < 4.78 is 5.07. The minimum absolute atomic E-state index is 0.0302. The van der Waals surface area contributed by atoms with E-state index in [4.69, 9.17) is 4.74 Å². The van der Waals surface area contributed by atoms with E-state index >= 15 is 0 Å². The first-order valence-corrected chi connectivity index (χ1v) is 7.37. The Bertz CT molecular complexity index is 418. The highest BCUT2D eigenvalue weighted by atomic mass is 16.5. The molecule has 0 aromatic heterocycles. The molecule has 5 nitrogen and oxygen atoms in total. The van der Waals surface area contributed by atoms with Gasteiger partial charge in [-0.3, -0.25) is 4.79 Å². The van der Waals surface area contributed by atoms with E-state index in [2.05, 4.69) is 36.4 Å². The Balaban J connectivity index is 2.16. The molecule has 0 saturated heterocycles. The molecule has 0 radical (unpaired) electrons. The van der Waals surface area contributed by atoms with Crippen LogP contribution < -0.4 is 15.4 Å². The van der Waals surface area contributed by atoms with Crippen LogP contribution in [0.5, 0.6) is 5.75 Å². The van der Waals surface area contributed by atoms with Crippen LogP contribution in [0.15, 0.2) is 24.3 Å². The molecule has 21 heavy (non-hydrogen) atoms. The van der Waals surface area contributed by atoms with Crippen LogP contribution in [0.1, 0.15) is 20.3 Å². The van der Waals surface area contributed by atoms with Gasteiger partial charge in [-0.25, -0.2) is 0 Å². The SMILES string of the molecule is COc1ccc(NC(=O)CNCCCN(C)C(C)C)cc1. The minimum atomic E-state index is -0.0302. The number of amides is 1. The van der Waals surface area contributed by atoms with E-state index in [1.54, 1.807) is 7.11 Å². The van der Waals surface area contributed by atoms with Crippen molar-refractivity contribution in [1.29, 1.82) is 0 Å². The Hall–Kier alpha value is -1.59. The van der Waals surface area contributed by atoms with Crippen molar-refractivity contribution in [3.8, 4) is 5.75 Å². The number of methoxy groups -OCH3 is 1. The highest BCUT2D eigenvalue weighted by molar-refractivity contribution is 5.92. The molecule has 1 rings (SSSR count). The van der Waals surface area contributed by atoms with Crippen molar-refractivity contribution in [2.24, 2.45) is 0 Å². The van der Waals surface area contributed by atoms with Gasteiger partial charge in [0.2, 0.25) is 5.91 Å². The molecule has 0 aliphatic heterocycles. The van der Waals surface area contributed by atoms with Gasteiger partial charge < -0.3 is 20.3 Å². The van der Waals surface area contributed by atoms with Crippen LogP contribution in [0.3, 0.4) is 0 Å². The van der Waals surface area contributed by atoms with Crippen LogP contribution in [0, 0.1) is 0 Å². The third-order valence-electron chi connectivity index (χ3n) is 3.41. The Morgan fingerprint density at radius 2 is 1.95 bits per heavy atom. The Morgan fingerprint density at radius 3 is 2.52 bits per heavy atom. The quantitative estimate of drug-likeness (QED) is 0.683. The third-order valence-corrected chi connectivity index (χ3v) is 3.41. The number of benzene rings is 1. The van der Waals surface area contributed by atoms with Gasteiger partial charge in [0, 0.05) is 11.7 Å². The highest BCUT2D eigenvalue weighted by Gasteiger charge is 2.04. The van der Waals surface area contributed by atoms with Crippen LogP contribution in [-0.4, -0.2) is 50.6 Å². The van der Waals surface area contributed by atoms with E-state index in [-0.39, 0.29) is 5.91 Å².